The number of aliphatic hydroxyl groups is 1. The fourth-order valence-corrected chi connectivity index (χ4v) is 2.66. The quantitative estimate of drug-likeness (QED) is 0.444. The number of anilines is 1. The highest BCUT2D eigenvalue weighted by molar-refractivity contribution is 5.77. The summed E-state index contributed by atoms with van der Waals surface area (Å²) in [5.41, 5.74) is 0.661. The Labute approximate surface area is 138 Å². The molecule has 2 N–H and O–H groups in total. The summed E-state index contributed by atoms with van der Waals surface area (Å²) in [6.07, 6.45) is 3.36. The van der Waals surface area contributed by atoms with E-state index in [9.17, 15) is 25.3 Å². The molecule has 0 radical (unpaired) electrons. The lowest BCUT2D eigenvalue weighted by atomic mass is 10.0. The van der Waals surface area contributed by atoms with Gasteiger partial charge >= 0.3 is 5.69 Å². The second-order valence-corrected chi connectivity index (χ2v) is 5.44. The molecule has 0 fully saturated rings. The number of nitrogens with one attached hydrogen (secondary N) is 1. The van der Waals surface area contributed by atoms with Crippen molar-refractivity contribution in [3.05, 3.63) is 49.1 Å². The summed E-state index contributed by atoms with van der Waals surface area (Å²) >= 11 is 0. The van der Waals surface area contributed by atoms with E-state index < -0.39 is 22.1 Å². The second kappa shape index (κ2) is 7.84. The van der Waals surface area contributed by atoms with E-state index in [1.807, 2.05) is 6.08 Å². The van der Waals surface area contributed by atoms with Crippen LogP contribution in [0.2, 0.25) is 0 Å². The monoisotopic (exact) mass is 337 g/mol. The topological polar surface area (TPSA) is 128 Å². The van der Waals surface area contributed by atoms with E-state index in [0.717, 1.165) is 12.0 Å². The van der Waals surface area contributed by atoms with E-state index in [2.05, 4.69) is 5.32 Å². The van der Waals surface area contributed by atoms with Crippen LogP contribution in [0.5, 0.6) is 0 Å². The summed E-state index contributed by atoms with van der Waals surface area (Å²) in [4.78, 5) is 21.3. The minimum absolute atomic E-state index is 0.118. The number of nitrogens with zero attached hydrogens (tertiary/aromatic N) is 2. The molecule has 1 aliphatic heterocycles. The molecular weight excluding hydrogens is 318 g/mol. The molecule has 1 aliphatic rings. The van der Waals surface area contributed by atoms with Crippen LogP contribution in [-0.4, -0.2) is 34.7 Å². The Balaban J connectivity index is 2.31. The van der Waals surface area contributed by atoms with Crippen LogP contribution in [0.1, 0.15) is 24.0 Å². The minimum Gasteiger partial charge on any atom is -0.392 e. The summed E-state index contributed by atoms with van der Waals surface area (Å²) < 4.78 is 5.21. The third-order valence-electron chi connectivity index (χ3n) is 4.00. The number of hydrogen-bond acceptors (Lipinski definition) is 7. The minimum atomic E-state index is -0.679. The summed E-state index contributed by atoms with van der Waals surface area (Å²) in [7, 11) is 0. The van der Waals surface area contributed by atoms with Gasteiger partial charge in [0, 0.05) is 18.2 Å². The average molecular weight is 337 g/mol. The van der Waals surface area contributed by atoms with Gasteiger partial charge < -0.3 is 15.2 Å². The number of rotatable bonds is 7. The van der Waals surface area contributed by atoms with Crippen LogP contribution >= 0.6 is 0 Å². The van der Waals surface area contributed by atoms with Crippen molar-refractivity contribution >= 4 is 17.1 Å². The lowest BCUT2D eigenvalue weighted by molar-refractivity contribution is -0.392. The predicted octanol–water partition coefficient (Wildman–Crippen LogP) is 2.45. The highest BCUT2D eigenvalue weighted by Gasteiger charge is 2.29. The predicted molar refractivity (Wildman–Crippen MR) is 87.0 cm³/mol. The number of hydrogen-bond donors (Lipinski definition) is 2. The standard InChI is InChI=1S/C15H19N3O6/c1-10-12(9-19)8-13(17(20)21)14(15(10)18(22)23)16-5-2-11-3-6-24-7-4-11/h3,8,16,19H,2,4-7,9H2,1H3. The zero-order valence-electron chi connectivity index (χ0n) is 13.3. The van der Waals surface area contributed by atoms with E-state index in [1.54, 1.807) is 0 Å². The van der Waals surface area contributed by atoms with Crippen molar-refractivity contribution in [2.75, 3.05) is 25.1 Å². The van der Waals surface area contributed by atoms with Gasteiger partial charge in [0.05, 0.1) is 29.7 Å². The van der Waals surface area contributed by atoms with E-state index >= 15 is 0 Å². The molecule has 0 bridgehead atoms. The third-order valence-corrected chi connectivity index (χ3v) is 4.00. The van der Waals surface area contributed by atoms with Crippen LogP contribution in [0.25, 0.3) is 0 Å². The van der Waals surface area contributed by atoms with E-state index in [0.29, 0.717) is 26.2 Å². The molecule has 1 aromatic carbocycles. The van der Waals surface area contributed by atoms with E-state index in [-0.39, 0.29) is 22.5 Å². The highest BCUT2D eigenvalue weighted by atomic mass is 16.6. The Kier molecular flexibility index (Phi) is 5.83. The maximum atomic E-state index is 11.4. The first-order valence-electron chi connectivity index (χ1n) is 7.51. The smallest absolute Gasteiger partial charge is 0.302 e. The Hall–Kier alpha value is -2.52. The molecule has 0 aromatic heterocycles. The zero-order chi connectivity index (χ0) is 17.7. The van der Waals surface area contributed by atoms with Crippen LogP contribution in [0.4, 0.5) is 17.1 Å². The van der Waals surface area contributed by atoms with Crippen LogP contribution in [0, 0.1) is 27.2 Å². The van der Waals surface area contributed by atoms with Crippen LogP contribution < -0.4 is 5.32 Å². The van der Waals surface area contributed by atoms with Crippen LogP contribution in [0.3, 0.4) is 0 Å². The first-order valence-corrected chi connectivity index (χ1v) is 7.51. The van der Waals surface area contributed by atoms with E-state index in [1.165, 1.54) is 13.0 Å². The molecule has 9 nitrogen and oxygen atoms in total. The van der Waals surface area contributed by atoms with Crippen molar-refractivity contribution in [1.29, 1.82) is 0 Å². The van der Waals surface area contributed by atoms with Crippen molar-refractivity contribution < 1.29 is 19.7 Å². The van der Waals surface area contributed by atoms with E-state index in [4.69, 9.17) is 4.74 Å². The average Bonchev–Trinajstić information content (AvgIpc) is 2.55. The molecule has 0 unspecified atom stereocenters. The summed E-state index contributed by atoms with van der Waals surface area (Å²) in [5.74, 6) is 0. The number of benzene rings is 1. The molecule has 0 saturated carbocycles. The molecule has 2 rings (SSSR count). The van der Waals surface area contributed by atoms with Crippen molar-refractivity contribution in [3.63, 3.8) is 0 Å². The highest BCUT2D eigenvalue weighted by Crippen LogP contribution is 2.39. The molecule has 1 aromatic rings. The molecule has 130 valence electrons. The molecule has 0 spiro atoms. The zero-order valence-corrected chi connectivity index (χ0v) is 13.3. The molecule has 0 atom stereocenters. The van der Waals surface area contributed by atoms with Crippen molar-refractivity contribution in [2.45, 2.75) is 26.4 Å². The maximum absolute atomic E-state index is 11.4. The van der Waals surface area contributed by atoms with Crippen molar-refractivity contribution in [2.24, 2.45) is 0 Å². The van der Waals surface area contributed by atoms with Gasteiger partial charge in [0.25, 0.3) is 5.69 Å². The third kappa shape index (κ3) is 3.87. The summed E-state index contributed by atoms with van der Waals surface area (Å²) in [6.45, 7) is 2.49. The van der Waals surface area contributed by atoms with Crippen LogP contribution in [0.15, 0.2) is 17.7 Å². The van der Waals surface area contributed by atoms with Crippen LogP contribution in [-0.2, 0) is 11.3 Å². The van der Waals surface area contributed by atoms with Gasteiger partial charge in [0.15, 0.2) is 5.69 Å². The number of aliphatic hydroxyl groups excluding tert-OH is 1. The second-order valence-electron chi connectivity index (χ2n) is 5.44. The van der Waals surface area contributed by atoms with Gasteiger partial charge in [-0.2, -0.15) is 0 Å². The van der Waals surface area contributed by atoms with Crippen molar-refractivity contribution in [1.82, 2.24) is 0 Å². The molecule has 1 heterocycles. The van der Waals surface area contributed by atoms with Gasteiger partial charge in [-0.1, -0.05) is 11.6 Å². The lowest BCUT2D eigenvalue weighted by Gasteiger charge is -2.15. The normalized spacial score (nSPS) is 14.2. The van der Waals surface area contributed by atoms with Gasteiger partial charge in [-0.3, -0.25) is 20.2 Å². The fourth-order valence-electron chi connectivity index (χ4n) is 2.66. The van der Waals surface area contributed by atoms with Gasteiger partial charge in [0.2, 0.25) is 0 Å². The molecule has 0 amide bonds. The first-order chi connectivity index (χ1) is 11.5. The van der Waals surface area contributed by atoms with Gasteiger partial charge in [-0.15, -0.1) is 0 Å². The van der Waals surface area contributed by atoms with Gasteiger partial charge in [0.1, 0.15) is 0 Å². The van der Waals surface area contributed by atoms with Gasteiger partial charge in [-0.25, -0.2) is 0 Å². The first kappa shape index (κ1) is 17.8. The summed E-state index contributed by atoms with van der Waals surface area (Å²) in [5, 5.41) is 34.8. The molecule has 0 saturated heterocycles. The largest absolute Gasteiger partial charge is 0.392 e. The Bertz CT molecular complexity index is 686. The molecular formula is C15H19N3O6. The number of nitro benzene ring substituents is 2. The lowest BCUT2D eigenvalue weighted by Crippen LogP contribution is -2.12. The fraction of sp³-hybridized carbons (Fsp3) is 0.467. The van der Waals surface area contributed by atoms with Crippen molar-refractivity contribution in [3.8, 4) is 0 Å². The SMILES string of the molecule is Cc1c(CO)cc([N+](=O)[O-])c(NCCC2=CCOCC2)c1[N+](=O)[O-]. The Morgan fingerprint density at radius 2 is 2.08 bits per heavy atom. The molecule has 9 heteroatoms. The number of ether oxygens (including phenoxy) is 1. The number of nitro groups is 2. The Morgan fingerprint density at radius 3 is 2.62 bits per heavy atom. The Morgan fingerprint density at radius 1 is 1.33 bits per heavy atom. The molecule has 0 aliphatic carbocycles. The van der Waals surface area contributed by atoms with Gasteiger partial charge in [-0.05, 0) is 25.3 Å². The molecule has 24 heavy (non-hydrogen) atoms. The maximum Gasteiger partial charge on any atom is 0.302 e. The summed E-state index contributed by atoms with van der Waals surface area (Å²) in [6, 6.07) is 1.18.